The predicted molar refractivity (Wildman–Crippen MR) is 63.0 cm³/mol. The highest BCUT2D eigenvalue weighted by Crippen LogP contribution is 2.38. The summed E-state index contributed by atoms with van der Waals surface area (Å²) in [7, 11) is 2.11. The van der Waals surface area contributed by atoms with Crippen molar-refractivity contribution < 1.29 is 9.52 Å². The second kappa shape index (κ2) is 5.02. The lowest BCUT2D eigenvalue weighted by Crippen LogP contribution is -2.36. The summed E-state index contributed by atoms with van der Waals surface area (Å²) in [5.74, 6) is 0. The molecule has 0 unspecified atom stereocenters. The van der Waals surface area contributed by atoms with E-state index in [0.717, 1.165) is 13.1 Å². The molecule has 3 nitrogen and oxygen atoms in total. The first-order valence-electron chi connectivity index (χ1n) is 6.05. The molecule has 1 aliphatic carbocycles. The molecule has 2 rings (SSSR count). The van der Waals surface area contributed by atoms with Gasteiger partial charge in [-0.15, -0.1) is 0 Å². The minimum Gasteiger partial charge on any atom is -0.472 e. The Bertz CT molecular complexity index is 302. The molecule has 0 amide bonds. The van der Waals surface area contributed by atoms with Gasteiger partial charge in [-0.1, -0.05) is 12.8 Å². The largest absolute Gasteiger partial charge is 0.472 e. The van der Waals surface area contributed by atoms with E-state index in [-0.39, 0.29) is 5.41 Å². The molecule has 0 bridgehead atoms. The van der Waals surface area contributed by atoms with E-state index in [1.54, 1.807) is 12.5 Å². The Hall–Kier alpha value is -0.800. The van der Waals surface area contributed by atoms with Crippen LogP contribution in [0.15, 0.2) is 23.0 Å². The van der Waals surface area contributed by atoms with E-state index in [4.69, 9.17) is 4.42 Å². The molecule has 0 radical (unpaired) electrons. The van der Waals surface area contributed by atoms with Gasteiger partial charge in [-0.3, -0.25) is 0 Å². The third-order valence-electron chi connectivity index (χ3n) is 3.64. The quantitative estimate of drug-likeness (QED) is 0.832. The molecule has 1 saturated carbocycles. The first kappa shape index (κ1) is 11.7. The zero-order chi connectivity index (χ0) is 11.4. The predicted octanol–water partition coefficient (Wildman–Crippen LogP) is 2.26. The zero-order valence-corrected chi connectivity index (χ0v) is 9.98. The van der Waals surface area contributed by atoms with Gasteiger partial charge in [-0.05, 0) is 26.0 Å². The third-order valence-corrected chi connectivity index (χ3v) is 3.64. The van der Waals surface area contributed by atoms with Crippen LogP contribution in [0.4, 0.5) is 0 Å². The Morgan fingerprint density at radius 3 is 2.75 bits per heavy atom. The summed E-state index contributed by atoms with van der Waals surface area (Å²) in [4.78, 5) is 2.28. The Morgan fingerprint density at radius 2 is 2.19 bits per heavy atom. The second-order valence-corrected chi connectivity index (χ2v) is 5.17. The van der Waals surface area contributed by atoms with Crippen LogP contribution in [0.25, 0.3) is 0 Å². The molecule has 3 heteroatoms. The number of furan rings is 1. The lowest BCUT2D eigenvalue weighted by atomic mass is 9.86. The maximum Gasteiger partial charge on any atom is 0.0947 e. The first-order chi connectivity index (χ1) is 7.74. The standard InChI is InChI=1S/C13H21NO2/c1-14(8-12-4-7-16-9-12)10-13(11-15)5-2-3-6-13/h4,7,9,15H,2-3,5-6,8,10-11H2,1H3. The summed E-state index contributed by atoms with van der Waals surface area (Å²) < 4.78 is 5.06. The molecular weight excluding hydrogens is 202 g/mol. The summed E-state index contributed by atoms with van der Waals surface area (Å²) in [5, 5.41) is 9.55. The molecule has 0 aliphatic heterocycles. The minimum absolute atomic E-state index is 0.151. The van der Waals surface area contributed by atoms with Crippen molar-refractivity contribution in [2.75, 3.05) is 20.2 Å². The van der Waals surface area contributed by atoms with E-state index in [1.165, 1.54) is 31.2 Å². The highest BCUT2D eigenvalue weighted by molar-refractivity contribution is 5.05. The average molecular weight is 223 g/mol. The van der Waals surface area contributed by atoms with Crippen LogP contribution in [0, 0.1) is 5.41 Å². The normalized spacial score (nSPS) is 19.4. The summed E-state index contributed by atoms with van der Waals surface area (Å²) >= 11 is 0. The van der Waals surface area contributed by atoms with Gasteiger partial charge in [0.1, 0.15) is 0 Å². The van der Waals surface area contributed by atoms with Gasteiger partial charge in [-0.25, -0.2) is 0 Å². The lowest BCUT2D eigenvalue weighted by Gasteiger charge is -2.31. The van der Waals surface area contributed by atoms with Gasteiger partial charge in [-0.2, -0.15) is 0 Å². The van der Waals surface area contributed by atoms with Crippen molar-refractivity contribution >= 4 is 0 Å². The molecule has 16 heavy (non-hydrogen) atoms. The highest BCUT2D eigenvalue weighted by atomic mass is 16.3. The van der Waals surface area contributed by atoms with Crippen LogP contribution in [0.1, 0.15) is 31.2 Å². The van der Waals surface area contributed by atoms with Gasteiger partial charge >= 0.3 is 0 Å². The summed E-state index contributed by atoms with van der Waals surface area (Å²) in [5.41, 5.74) is 1.35. The van der Waals surface area contributed by atoms with Crippen LogP contribution in [0.2, 0.25) is 0 Å². The Kier molecular flexibility index (Phi) is 3.66. The van der Waals surface area contributed by atoms with Crippen molar-refractivity contribution in [2.45, 2.75) is 32.2 Å². The fraction of sp³-hybridized carbons (Fsp3) is 0.692. The molecule has 1 aromatic rings. The number of aliphatic hydroxyl groups is 1. The molecule has 0 aromatic carbocycles. The molecule has 0 atom stereocenters. The number of aliphatic hydroxyl groups excluding tert-OH is 1. The van der Waals surface area contributed by atoms with Gasteiger partial charge in [0, 0.05) is 30.7 Å². The smallest absolute Gasteiger partial charge is 0.0947 e. The van der Waals surface area contributed by atoms with Crippen LogP contribution in [-0.2, 0) is 6.54 Å². The van der Waals surface area contributed by atoms with E-state index in [1.807, 2.05) is 6.07 Å². The van der Waals surface area contributed by atoms with E-state index >= 15 is 0 Å². The average Bonchev–Trinajstić information content (AvgIpc) is 2.90. The Morgan fingerprint density at radius 1 is 1.44 bits per heavy atom. The minimum atomic E-state index is 0.151. The fourth-order valence-corrected chi connectivity index (χ4v) is 2.81. The molecule has 1 fully saturated rings. The van der Waals surface area contributed by atoms with Crippen LogP contribution in [0.3, 0.4) is 0 Å². The second-order valence-electron chi connectivity index (χ2n) is 5.17. The van der Waals surface area contributed by atoms with Crippen LogP contribution in [0.5, 0.6) is 0 Å². The number of nitrogens with zero attached hydrogens (tertiary/aromatic N) is 1. The van der Waals surface area contributed by atoms with Crippen molar-refractivity contribution in [2.24, 2.45) is 5.41 Å². The van der Waals surface area contributed by atoms with E-state index < -0.39 is 0 Å². The number of rotatable bonds is 5. The summed E-state index contributed by atoms with van der Waals surface area (Å²) in [6, 6.07) is 2.00. The molecule has 0 spiro atoms. The third kappa shape index (κ3) is 2.66. The lowest BCUT2D eigenvalue weighted by molar-refractivity contribution is 0.0863. The van der Waals surface area contributed by atoms with Crippen molar-refractivity contribution in [1.82, 2.24) is 4.90 Å². The molecule has 1 heterocycles. The van der Waals surface area contributed by atoms with E-state index in [2.05, 4.69) is 11.9 Å². The van der Waals surface area contributed by atoms with Crippen molar-refractivity contribution in [3.05, 3.63) is 24.2 Å². The van der Waals surface area contributed by atoms with Crippen LogP contribution in [-0.4, -0.2) is 30.2 Å². The molecule has 90 valence electrons. The number of hydrogen-bond donors (Lipinski definition) is 1. The van der Waals surface area contributed by atoms with Crippen LogP contribution < -0.4 is 0 Å². The highest BCUT2D eigenvalue weighted by Gasteiger charge is 2.34. The molecular formula is C13H21NO2. The van der Waals surface area contributed by atoms with Gasteiger partial charge in [0.2, 0.25) is 0 Å². The Labute approximate surface area is 97.1 Å². The van der Waals surface area contributed by atoms with Crippen molar-refractivity contribution in [1.29, 1.82) is 0 Å². The van der Waals surface area contributed by atoms with Crippen molar-refractivity contribution in [3.8, 4) is 0 Å². The van der Waals surface area contributed by atoms with E-state index in [9.17, 15) is 5.11 Å². The summed E-state index contributed by atoms with van der Waals surface area (Å²) in [6.07, 6.45) is 8.36. The Balaban J connectivity index is 1.88. The zero-order valence-electron chi connectivity index (χ0n) is 9.98. The maximum absolute atomic E-state index is 9.55. The molecule has 1 N–H and O–H groups in total. The fourth-order valence-electron chi connectivity index (χ4n) is 2.81. The van der Waals surface area contributed by atoms with Gasteiger partial charge in [0.05, 0.1) is 12.5 Å². The van der Waals surface area contributed by atoms with Gasteiger partial charge in [0.25, 0.3) is 0 Å². The van der Waals surface area contributed by atoms with E-state index in [0.29, 0.717) is 6.61 Å². The van der Waals surface area contributed by atoms with Gasteiger partial charge < -0.3 is 14.4 Å². The van der Waals surface area contributed by atoms with Crippen LogP contribution >= 0.6 is 0 Å². The maximum atomic E-state index is 9.55. The summed E-state index contributed by atoms with van der Waals surface area (Å²) in [6.45, 7) is 2.20. The molecule has 0 saturated heterocycles. The van der Waals surface area contributed by atoms with Crippen molar-refractivity contribution in [3.63, 3.8) is 0 Å². The molecule has 1 aliphatic rings. The van der Waals surface area contributed by atoms with Gasteiger partial charge in [0.15, 0.2) is 0 Å². The monoisotopic (exact) mass is 223 g/mol. The molecule has 1 aromatic heterocycles. The first-order valence-corrected chi connectivity index (χ1v) is 6.05. The topological polar surface area (TPSA) is 36.6 Å². The number of hydrogen-bond acceptors (Lipinski definition) is 3. The SMILES string of the molecule is CN(Cc1ccoc1)CC1(CO)CCCC1.